The third-order valence-electron chi connectivity index (χ3n) is 3.07. The standard InChI is InChI=1S/C11H13F2NO/c1-10(11(12,13)5-6-14-10)8-3-2-4-9(15)7-8/h2-4,7,14-15H,5-6H2,1H3. The Labute approximate surface area is 86.9 Å². The highest BCUT2D eigenvalue weighted by Crippen LogP contribution is 2.44. The number of benzene rings is 1. The highest BCUT2D eigenvalue weighted by molar-refractivity contribution is 5.34. The fraction of sp³-hybridized carbons (Fsp3) is 0.455. The highest BCUT2D eigenvalue weighted by atomic mass is 19.3. The van der Waals surface area contributed by atoms with Crippen molar-refractivity contribution in [3.8, 4) is 5.75 Å². The van der Waals surface area contributed by atoms with E-state index >= 15 is 0 Å². The number of phenolic OH excluding ortho intramolecular Hbond substituents is 1. The van der Waals surface area contributed by atoms with Gasteiger partial charge in [-0.3, -0.25) is 0 Å². The minimum Gasteiger partial charge on any atom is -0.508 e. The van der Waals surface area contributed by atoms with Crippen molar-refractivity contribution < 1.29 is 13.9 Å². The van der Waals surface area contributed by atoms with Crippen LogP contribution in [0.15, 0.2) is 24.3 Å². The second kappa shape index (κ2) is 3.17. The number of rotatable bonds is 1. The number of hydrogen-bond donors (Lipinski definition) is 2. The maximum Gasteiger partial charge on any atom is 0.270 e. The third kappa shape index (κ3) is 1.49. The summed E-state index contributed by atoms with van der Waals surface area (Å²) < 4.78 is 27.3. The molecule has 82 valence electrons. The molecule has 0 aromatic heterocycles. The lowest BCUT2D eigenvalue weighted by Crippen LogP contribution is -2.45. The molecular formula is C11H13F2NO. The molecule has 4 heteroatoms. The molecule has 0 spiro atoms. The summed E-state index contributed by atoms with van der Waals surface area (Å²) in [6, 6.07) is 6.03. The van der Waals surface area contributed by atoms with Crippen molar-refractivity contribution in [3.05, 3.63) is 29.8 Å². The molecule has 1 aliphatic rings. The van der Waals surface area contributed by atoms with Crippen LogP contribution in [0.4, 0.5) is 8.78 Å². The van der Waals surface area contributed by atoms with Gasteiger partial charge in [0.2, 0.25) is 0 Å². The Kier molecular flexibility index (Phi) is 2.19. The van der Waals surface area contributed by atoms with Crippen molar-refractivity contribution in [2.75, 3.05) is 6.54 Å². The minimum absolute atomic E-state index is 0.0122. The van der Waals surface area contributed by atoms with Crippen LogP contribution in [0, 0.1) is 0 Å². The Bertz CT molecular complexity index is 381. The predicted molar refractivity (Wildman–Crippen MR) is 53.0 cm³/mol. The van der Waals surface area contributed by atoms with E-state index < -0.39 is 11.5 Å². The summed E-state index contributed by atoms with van der Waals surface area (Å²) in [7, 11) is 0. The topological polar surface area (TPSA) is 32.3 Å². The zero-order chi connectivity index (χ0) is 11.1. The van der Waals surface area contributed by atoms with Gasteiger partial charge in [-0.2, -0.15) is 0 Å². The van der Waals surface area contributed by atoms with Crippen molar-refractivity contribution in [1.82, 2.24) is 5.32 Å². The van der Waals surface area contributed by atoms with Crippen LogP contribution >= 0.6 is 0 Å². The molecular weight excluding hydrogens is 200 g/mol. The first kappa shape index (κ1) is 10.4. The molecule has 0 aliphatic carbocycles. The van der Waals surface area contributed by atoms with Crippen LogP contribution < -0.4 is 5.32 Å². The first-order valence-corrected chi connectivity index (χ1v) is 4.88. The van der Waals surface area contributed by atoms with Gasteiger partial charge in [0.1, 0.15) is 11.3 Å². The first-order valence-electron chi connectivity index (χ1n) is 4.88. The second-order valence-corrected chi connectivity index (χ2v) is 4.06. The summed E-state index contributed by atoms with van der Waals surface area (Å²) in [4.78, 5) is 0. The molecule has 1 aromatic rings. The van der Waals surface area contributed by atoms with E-state index in [0.717, 1.165) is 0 Å². The van der Waals surface area contributed by atoms with Gasteiger partial charge in [-0.15, -0.1) is 0 Å². The van der Waals surface area contributed by atoms with E-state index in [4.69, 9.17) is 0 Å². The Hall–Kier alpha value is -1.16. The van der Waals surface area contributed by atoms with Gasteiger partial charge in [0, 0.05) is 13.0 Å². The van der Waals surface area contributed by atoms with Crippen LogP contribution in [0.25, 0.3) is 0 Å². The number of hydrogen-bond acceptors (Lipinski definition) is 2. The molecule has 2 rings (SSSR count). The van der Waals surface area contributed by atoms with Crippen LogP contribution in [0.2, 0.25) is 0 Å². The van der Waals surface area contributed by atoms with Crippen LogP contribution in [0.3, 0.4) is 0 Å². The van der Waals surface area contributed by atoms with Gasteiger partial charge in [0.15, 0.2) is 0 Å². The Balaban J connectivity index is 2.45. The fourth-order valence-electron chi connectivity index (χ4n) is 1.98. The lowest BCUT2D eigenvalue weighted by atomic mass is 9.87. The van der Waals surface area contributed by atoms with Gasteiger partial charge in [-0.1, -0.05) is 12.1 Å². The number of aromatic hydroxyl groups is 1. The van der Waals surface area contributed by atoms with Crippen molar-refractivity contribution in [2.24, 2.45) is 0 Å². The molecule has 1 fully saturated rings. The summed E-state index contributed by atoms with van der Waals surface area (Å²) in [5, 5.41) is 12.1. The van der Waals surface area contributed by atoms with Crippen molar-refractivity contribution in [1.29, 1.82) is 0 Å². The SMILES string of the molecule is CC1(c2cccc(O)c2)NCCC1(F)F. The minimum atomic E-state index is -2.78. The molecule has 1 heterocycles. The quantitative estimate of drug-likeness (QED) is 0.749. The average Bonchev–Trinajstić information content (AvgIpc) is 2.43. The number of halogens is 2. The maximum absolute atomic E-state index is 13.7. The third-order valence-corrected chi connectivity index (χ3v) is 3.07. The van der Waals surface area contributed by atoms with E-state index in [1.165, 1.54) is 19.1 Å². The number of nitrogens with one attached hydrogen (secondary N) is 1. The van der Waals surface area contributed by atoms with E-state index in [-0.39, 0.29) is 12.2 Å². The molecule has 0 bridgehead atoms. The number of phenols is 1. The maximum atomic E-state index is 13.7. The van der Waals surface area contributed by atoms with E-state index in [1.54, 1.807) is 12.1 Å². The molecule has 2 N–H and O–H groups in total. The molecule has 1 aromatic carbocycles. The van der Waals surface area contributed by atoms with Crippen molar-refractivity contribution in [2.45, 2.75) is 24.8 Å². The molecule has 2 nitrogen and oxygen atoms in total. The van der Waals surface area contributed by atoms with Crippen LogP contribution in [-0.2, 0) is 5.54 Å². The van der Waals surface area contributed by atoms with Gasteiger partial charge in [-0.05, 0) is 24.6 Å². The normalized spacial score (nSPS) is 29.3. The second-order valence-electron chi connectivity index (χ2n) is 4.06. The average molecular weight is 213 g/mol. The molecule has 15 heavy (non-hydrogen) atoms. The lowest BCUT2D eigenvalue weighted by molar-refractivity contribution is -0.0559. The van der Waals surface area contributed by atoms with Crippen molar-refractivity contribution in [3.63, 3.8) is 0 Å². The van der Waals surface area contributed by atoms with E-state index in [9.17, 15) is 13.9 Å². The Morgan fingerprint density at radius 1 is 1.40 bits per heavy atom. The van der Waals surface area contributed by atoms with Crippen LogP contribution in [0.5, 0.6) is 5.75 Å². The Morgan fingerprint density at radius 2 is 2.13 bits per heavy atom. The van der Waals surface area contributed by atoms with Gasteiger partial charge in [0.05, 0.1) is 0 Å². The van der Waals surface area contributed by atoms with Gasteiger partial charge >= 0.3 is 0 Å². The summed E-state index contributed by atoms with van der Waals surface area (Å²) in [6.45, 7) is 1.76. The van der Waals surface area contributed by atoms with E-state index in [0.29, 0.717) is 12.1 Å². The van der Waals surface area contributed by atoms with E-state index in [1.807, 2.05) is 0 Å². The number of alkyl halides is 2. The van der Waals surface area contributed by atoms with E-state index in [2.05, 4.69) is 5.32 Å². The smallest absolute Gasteiger partial charge is 0.270 e. The molecule has 1 aliphatic heterocycles. The first-order chi connectivity index (χ1) is 6.96. The summed E-state index contributed by atoms with van der Waals surface area (Å²) in [5.41, 5.74) is -0.948. The molecule has 0 radical (unpaired) electrons. The fourth-order valence-corrected chi connectivity index (χ4v) is 1.98. The monoisotopic (exact) mass is 213 g/mol. The van der Waals surface area contributed by atoms with Crippen LogP contribution in [-0.4, -0.2) is 17.6 Å². The zero-order valence-corrected chi connectivity index (χ0v) is 8.43. The van der Waals surface area contributed by atoms with Crippen molar-refractivity contribution >= 4 is 0 Å². The molecule has 1 unspecified atom stereocenters. The van der Waals surface area contributed by atoms with Crippen LogP contribution in [0.1, 0.15) is 18.9 Å². The van der Waals surface area contributed by atoms with Gasteiger partial charge in [0.25, 0.3) is 5.92 Å². The molecule has 0 amide bonds. The molecule has 1 saturated heterocycles. The van der Waals surface area contributed by atoms with Gasteiger partial charge in [-0.25, -0.2) is 8.78 Å². The highest BCUT2D eigenvalue weighted by Gasteiger charge is 2.54. The predicted octanol–water partition coefficient (Wildman–Crippen LogP) is 2.24. The largest absolute Gasteiger partial charge is 0.508 e. The lowest BCUT2D eigenvalue weighted by Gasteiger charge is -2.31. The van der Waals surface area contributed by atoms with Gasteiger partial charge < -0.3 is 10.4 Å². The summed E-state index contributed by atoms with van der Waals surface area (Å²) in [5.74, 6) is -2.76. The summed E-state index contributed by atoms with van der Waals surface area (Å²) >= 11 is 0. The Morgan fingerprint density at radius 3 is 2.67 bits per heavy atom. The summed E-state index contributed by atoms with van der Waals surface area (Å²) in [6.07, 6.45) is -0.168. The molecule has 0 saturated carbocycles. The molecule has 1 atom stereocenters. The zero-order valence-electron chi connectivity index (χ0n) is 8.43.